The number of benzene rings is 1. The number of aryl methyl sites for hydroxylation is 1. The highest BCUT2D eigenvalue weighted by Gasteiger charge is 2.24. The predicted molar refractivity (Wildman–Crippen MR) is 77.2 cm³/mol. The van der Waals surface area contributed by atoms with Gasteiger partial charge in [0.25, 0.3) is 0 Å². The van der Waals surface area contributed by atoms with E-state index < -0.39 is 5.97 Å². The first-order valence-electron chi connectivity index (χ1n) is 6.66. The molecular formula is C16H14N2O3. The third kappa shape index (κ3) is 2.38. The monoisotopic (exact) mass is 282 g/mol. The molecule has 106 valence electrons. The van der Waals surface area contributed by atoms with Crippen LogP contribution in [0, 0.1) is 0 Å². The van der Waals surface area contributed by atoms with E-state index in [-0.39, 0.29) is 11.3 Å². The van der Waals surface area contributed by atoms with Crippen LogP contribution >= 0.6 is 0 Å². The summed E-state index contributed by atoms with van der Waals surface area (Å²) in [5.74, 6) is -0.949. The van der Waals surface area contributed by atoms with E-state index in [4.69, 9.17) is 5.11 Å². The fourth-order valence-corrected chi connectivity index (χ4v) is 2.55. The summed E-state index contributed by atoms with van der Waals surface area (Å²) in [6, 6.07) is 6.50. The average Bonchev–Trinajstić information content (AvgIpc) is 2.85. The standard InChI is InChI=1S/C16H14N2O3/c1-18-14-7-6-12(15(19)13(14)9-17-18)8-10-2-4-11(5-3-10)16(20)21/h2-5,8-9H,6-7H2,1H3,(H,20,21)/b12-8-. The van der Waals surface area contributed by atoms with Gasteiger partial charge in [-0.3, -0.25) is 9.48 Å². The van der Waals surface area contributed by atoms with Crippen LogP contribution in [0.3, 0.4) is 0 Å². The van der Waals surface area contributed by atoms with Crippen LogP contribution in [0.15, 0.2) is 36.0 Å². The molecule has 3 rings (SSSR count). The molecule has 21 heavy (non-hydrogen) atoms. The average molecular weight is 282 g/mol. The van der Waals surface area contributed by atoms with E-state index in [0.29, 0.717) is 12.0 Å². The van der Waals surface area contributed by atoms with Crippen LogP contribution in [-0.4, -0.2) is 26.6 Å². The molecule has 1 aliphatic rings. The van der Waals surface area contributed by atoms with Gasteiger partial charge in [-0.1, -0.05) is 12.1 Å². The molecule has 0 radical (unpaired) electrons. The number of Topliss-reactive ketones (excluding diaryl/α,β-unsaturated/α-hetero) is 1. The molecule has 0 amide bonds. The molecule has 0 fully saturated rings. The Kier molecular flexibility index (Phi) is 3.17. The number of fused-ring (bicyclic) bond motifs is 1. The van der Waals surface area contributed by atoms with Crippen LogP contribution in [0.1, 0.15) is 38.4 Å². The van der Waals surface area contributed by atoms with Crippen molar-refractivity contribution in [2.75, 3.05) is 0 Å². The summed E-state index contributed by atoms with van der Waals surface area (Å²) in [5.41, 5.74) is 3.44. The molecule has 0 aliphatic heterocycles. The molecule has 0 saturated heterocycles. The van der Waals surface area contributed by atoms with Crippen molar-refractivity contribution in [1.82, 2.24) is 9.78 Å². The number of allylic oxidation sites excluding steroid dienone is 1. The van der Waals surface area contributed by atoms with Gasteiger partial charge in [0.05, 0.1) is 17.3 Å². The molecule has 0 unspecified atom stereocenters. The van der Waals surface area contributed by atoms with Crippen molar-refractivity contribution in [3.8, 4) is 0 Å². The fraction of sp³-hybridized carbons (Fsp3) is 0.188. The summed E-state index contributed by atoms with van der Waals surface area (Å²) in [7, 11) is 1.84. The summed E-state index contributed by atoms with van der Waals surface area (Å²) >= 11 is 0. The maximum atomic E-state index is 12.4. The number of aromatic nitrogens is 2. The van der Waals surface area contributed by atoms with Crippen molar-refractivity contribution in [3.05, 3.63) is 58.4 Å². The van der Waals surface area contributed by atoms with Gasteiger partial charge in [-0.25, -0.2) is 4.79 Å². The van der Waals surface area contributed by atoms with Crippen LogP contribution < -0.4 is 0 Å². The number of nitrogens with zero attached hydrogens (tertiary/aromatic N) is 2. The molecule has 1 aliphatic carbocycles. The number of aromatic carboxylic acids is 1. The number of ketones is 1. The van der Waals surface area contributed by atoms with Crippen molar-refractivity contribution in [1.29, 1.82) is 0 Å². The number of carboxylic acids is 1. The van der Waals surface area contributed by atoms with Crippen LogP contribution in [-0.2, 0) is 13.5 Å². The summed E-state index contributed by atoms with van der Waals surface area (Å²) < 4.78 is 1.74. The molecule has 0 saturated carbocycles. The normalized spacial score (nSPS) is 16.0. The zero-order valence-corrected chi connectivity index (χ0v) is 11.5. The fourth-order valence-electron chi connectivity index (χ4n) is 2.55. The highest BCUT2D eigenvalue weighted by molar-refractivity contribution is 6.12. The lowest BCUT2D eigenvalue weighted by Gasteiger charge is -2.14. The Labute approximate surface area is 121 Å². The smallest absolute Gasteiger partial charge is 0.335 e. The van der Waals surface area contributed by atoms with Gasteiger partial charge >= 0.3 is 5.97 Å². The van der Waals surface area contributed by atoms with E-state index >= 15 is 0 Å². The molecule has 1 aromatic carbocycles. The Morgan fingerprint density at radius 1 is 1.29 bits per heavy atom. The van der Waals surface area contributed by atoms with Gasteiger partial charge in [0, 0.05) is 18.3 Å². The predicted octanol–water partition coefficient (Wildman–Crippen LogP) is 2.33. The van der Waals surface area contributed by atoms with Crippen molar-refractivity contribution in [3.63, 3.8) is 0 Å². The first-order valence-corrected chi connectivity index (χ1v) is 6.66. The topological polar surface area (TPSA) is 72.2 Å². The van der Waals surface area contributed by atoms with E-state index in [9.17, 15) is 9.59 Å². The summed E-state index contributed by atoms with van der Waals surface area (Å²) in [5, 5.41) is 13.0. The number of carbonyl (C=O) groups excluding carboxylic acids is 1. The molecule has 1 heterocycles. The highest BCUT2D eigenvalue weighted by Crippen LogP contribution is 2.26. The molecule has 5 nitrogen and oxygen atoms in total. The molecule has 2 aromatic rings. The second kappa shape index (κ2) is 5.01. The Hall–Kier alpha value is -2.69. The van der Waals surface area contributed by atoms with Crippen molar-refractivity contribution < 1.29 is 14.7 Å². The molecule has 0 spiro atoms. The number of rotatable bonds is 2. The highest BCUT2D eigenvalue weighted by atomic mass is 16.4. The first-order chi connectivity index (χ1) is 10.1. The Balaban J connectivity index is 1.91. The van der Waals surface area contributed by atoms with Crippen LogP contribution in [0.25, 0.3) is 6.08 Å². The van der Waals surface area contributed by atoms with E-state index in [0.717, 1.165) is 23.3 Å². The largest absolute Gasteiger partial charge is 0.478 e. The zero-order chi connectivity index (χ0) is 15.0. The lowest BCUT2D eigenvalue weighted by Crippen LogP contribution is -2.14. The van der Waals surface area contributed by atoms with Gasteiger partial charge in [-0.2, -0.15) is 5.10 Å². The SMILES string of the molecule is Cn1ncc2c1CC/C(=C/c1ccc(C(=O)O)cc1)C2=O. The molecule has 5 heteroatoms. The molecule has 0 atom stereocenters. The number of carboxylic acid groups (broad SMARTS) is 1. The second-order valence-corrected chi connectivity index (χ2v) is 5.05. The second-order valence-electron chi connectivity index (χ2n) is 5.05. The first kappa shape index (κ1) is 13.3. The van der Waals surface area contributed by atoms with E-state index in [1.165, 1.54) is 12.1 Å². The minimum atomic E-state index is -0.956. The lowest BCUT2D eigenvalue weighted by molar-refractivity contribution is 0.0696. The summed E-state index contributed by atoms with van der Waals surface area (Å²) in [6.45, 7) is 0. The Morgan fingerprint density at radius 2 is 2.00 bits per heavy atom. The molecular weight excluding hydrogens is 268 g/mol. The van der Waals surface area contributed by atoms with E-state index in [2.05, 4.69) is 5.10 Å². The Morgan fingerprint density at radius 3 is 2.67 bits per heavy atom. The van der Waals surface area contributed by atoms with Crippen LogP contribution in [0.2, 0.25) is 0 Å². The minimum Gasteiger partial charge on any atom is -0.478 e. The van der Waals surface area contributed by atoms with Gasteiger partial charge in [-0.15, -0.1) is 0 Å². The number of hydrogen-bond acceptors (Lipinski definition) is 3. The molecule has 1 N–H and O–H groups in total. The molecule has 0 bridgehead atoms. The van der Waals surface area contributed by atoms with Crippen molar-refractivity contribution in [2.24, 2.45) is 7.05 Å². The van der Waals surface area contributed by atoms with Gasteiger partial charge in [0.2, 0.25) is 0 Å². The van der Waals surface area contributed by atoms with Crippen LogP contribution in [0.4, 0.5) is 0 Å². The third-order valence-corrected chi connectivity index (χ3v) is 3.73. The van der Waals surface area contributed by atoms with Crippen LogP contribution in [0.5, 0.6) is 0 Å². The van der Waals surface area contributed by atoms with E-state index in [1.807, 2.05) is 13.1 Å². The number of hydrogen-bond donors (Lipinski definition) is 1. The molecule has 1 aromatic heterocycles. The van der Waals surface area contributed by atoms with Crippen molar-refractivity contribution in [2.45, 2.75) is 12.8 Å². The number of carbonyl (C=O) groups is 2. The van der Waals surface area contributed by atoms with Gasteiger partial charge < -0.3 is 5.11 Å². The third-order valence-electron chi connectivity index (χ3n) is 3.73. The summed E-state index contributed by atoms with van der Waals surface area (Å²) in [6.07, 6.45) is 4.89. The maximum Gasteiger partial charge on any atom is 0.335 e. The van der Waals surface area contributed by atoms with Gasteiger partial charge in [0.1, 0.15) is 0 Å². The lowest BCUT2D eigenvalue weighted by atomic mass is 9.90. The summed E-state index contributed by atoms with van der Waals surface area (Å²) in [4.78, 5) is 23.2. The zero-order valence-electron chi connectivity index (χ0n) is 11.5. The van der Waals surface area contributed by atoms with Gasteiger partial charge in [0.15, 0.2) is 5.78 Å². The quantitative estimate of drug-likeness (QED) is 0.858. The maximum absolute atomic E-state index is 12.4. The van der Waals surface area contributed by atoms with Crippen molar-refractivity contribution >= 4 is 17.8 Å². The Bertz CT molecular complexity index is 754. The van der Waals surface area contributed by atoms with Gasteiger partial charge in [-0.05, 0) is 36.6 Å². The minimum absolute atomic E-state index is 0.00617. The van der Waals surface area contributed by atoms with E-state index in [1.54, 1.807) is 23.0 Å².